The zero-order valence-corrected chi connectivity index (χ0v) is 29.8. The molecule has 0 N–H and O–H groups in total. The van der Waals surface area contributed by atoms with Crippen molar-refractivity contribution in [2.24, 2.45) is 0 Å². The van der Waals surface area contributed by atoms with E-state index in [1.54, 1.807) is 0 Å². The first kappa shape index (κ1) is 31.7. The van der Waals surface area contributed by atoms with Crippen molar-refractivity contribution in [2.45, 2.75) is 5.92 Å². The van der Waals surface area contributed by atoms with Gasteiger partial charge in [0.1, 0.15) is 0 Å². The third-order valence-corrected chi connectivity index (χ3v) is 10.9. The molecule has 0 heterocycles. The van der Waals surface area contributed by atoms with Crippen LogP contribution in [0, 0.1) is 0 Å². The van der Waals surface area contributed by atoms with Crippen LogP contribution in [0.25, 0.3) is 54.2 Å². The van der Waals surface area contributed by atoms with Crippen molar-refractivity contribution in [1.29, 1.82) is 0 Å². The minimum absolute atomic E-state index is 0.0911. The van der Waals surface area contributed by atoms with Crippen LogP contribution in [-0.2, 0) is 0 Å². The van der Waals surface area contributed by atoms with E-state index in [0.717, 1.165) is 11.4 Å². The Bertz CT molecular complexity index is 2710. The molecule has 0 radical (unpaired) electrons. The molecule has 10 aromatic rings. The Balaban J connectivity index is 1.05. The molecular formula is C53H37N. The lowest BCUT2D eigenvalue weighted by molar-refractivity contribution is 0.991. The zero-order chi connectivity index (χ0) is 35.8. The zero-order valence-electron chi connectivity index (χ0n) is 29.8. The SMILES string of the molecule is c1ccc(C(c2ccc(-c3ccc(N(c4ccccc4)c4cc5ccccc5c5ccccc45)cc3)cc2)c2cc3ccccc3c3ccccc23)cc1. The van der Waals surface area contributed by atoms with Gasteiger partial charge in [-0.05, 0) is 102 Å². The molecule has 0 bridgehead atoms. The van der Waals surface area contributed by atoms with Gasteiger partial charge in [-0.25, -0.2) is 0 Å². The summed E-state index contributed by atoms with van der Waals surface area (Å²) in [6.45, 7) is 0. The largest absolute Gasteiger partial charge is 0.310 e. The molecule has 0 fully saturated rings. The van der Waals surface area contributed by atoms with Gasteiger partial charge in [-0.1, -0.05) is 182 Å². The Morgan fingerprint density at radius 3 is 1.35 bits per heavy atom. The summed E-state index contributed by atoms with van der Waals surface area (Å²) >= 11 is 0. The molecule has 0 spiro atoms. The van der Waals surface area contributed by atoms with Crippen molar-refractivity contribution in [3.05, 3.63) is 235 Å². The fourth-order valence-electron chi connectivity index (χ4n) is 8.41. The molecule has 10 aromatic carbocycles. The summed E-state index contributed by atoms with van der Waals surface area (Å²) in [5.74, 6) is 0.0911. The first-order valence-corrected chi connectivity index (χ1v) is 18.7. The third-order valence-electron chi connectivity index (χ3n) is 10.9. The molecule has 0 aromatic heterocycles. The Hall–Kier alpha value is -6.96. The van der Waals surface area contributed by atoms with Gasteiger partial charge in [0.05, 0.1) is 5.69 Å². The maximum Gasteiger partial charge on any atom is 0.0546 e. The van der Waals surface area contributed by atoms with Crippen molar-refractivity contribution < 1.29 is 0 Å². The molecule has 0 aliphatic carbocycles. The number of rotatable bonds is 7. The molecule has 54 heavy (non-hydrogen) atoms. The van der Waals surface area contributed by atoms with Gasteiger partial charge in [0, 0.05) is 22.7 Å². The summed E-state index contributed by atoms with van der Waals surface area (Å²) in [5, 5.41) is 10.1. The van der Waals surface area contributed by atoms with Crippen LogP contribution in [0.1, 0.15) is 22.6 Å². The minimum atomic E-state index is 0.0911. The number of anilines is 3. The topological polar surface area (TPSA) is 3.24 Å². The van der Waals surface area contributed by atoms with Gasteiger partial charge in [-0.3, -0.25) is 0 Å². The molecule has 10 rings (SSSR count). The summed E-state index contributed by atoms with van der Waals surface area (Å²) in [5.41, 5.74) is 9.70. The van der Waals surface area contributed by atoms with Crippen LogP contribution in [0.5, 0.6) is 0 Å². The van der Waals surface area contributed by atoms with E-state index in [4.69, 9.17) is 0 Å². The first-order chi connectivity index (χ1) is 26.8. The van der Waals surface area contributed by atoms with Gasteiger partial charge in [0.15, 0.2) is 0 Å². The van der Waals surface area contributed by atoms with Crippen molar-refractivity contribution in [1.82, 2.24) is 0 Å². The van der Waals surface area contributed by atoms with Crippen LogP contribution in [-0.4, -0.2) is 0 Å². The fourth-order valence-corrected chi connectivity index (χ4v) is 8.41. The van der Waals surface area contributed by atoms with E-state index in [-0.39, 0.29) is 5.92 Å². The van der Waals surface area contributed by atoms with Gasteiger partial charge in [-0.15, -0.1) is 0 Å². The van der Waals surface area contributed by atoms with E-state index in [2.05, 4.69) is 223 Å². The number of benzene rings is 10. The maximum absolute atomic E-state index is 2.40. The van der Waals surface area contributed by atoms with Gasteiger partial charge in [-0.2, -0.15) is 0 Å². The van der Waals surface area contributed by atoms with Gasteiger partial charge < -0.3 is 4.90 Å². The lowest BCUT2D eigenvalue weighted by Crippen LogP contribution is -2.10. The number of para-hydroxylation sites is 1. The Kier molecular flexibility index (Phi) is 7.96. The average molecular weight is 688 g/mol. The van der Waals surface area contributed by atoms with E-state index in [9.17, 15) is 0 Å². The van der Waals surface area contributed by atoms with Crippen LogP contribution in [0.15, 0.2) is 218 Å². The number of fused-ring (bicyclic) bond motifs is 6. The van der Waals surface area contributed by atoms with Crippen molar-refractivity contribution in [2.75, 3.05) is 4.90 Å². The van der Waals surface area contributed by atoms with Crippen LogP contribution in [0.4, 0.5) is 17.1 Å². The first-order valence-electron chi connectivity index (χ1n) is 18.7. The van der Waals surface area contributed by atoms with Crippen LogP contribution in [0.3, 0.4) is 0 Å². The quantitative estimate of drug-likeness (QED) is 0.119. The second-order valence-electron chi connectivity index (χ2n) is 14.1. The third kappa shape index (κ3) is 5.59. The smallest absolute Gasteiger partial charge is 0.0546 e. The van der Waals surface area contributed by atoms with Crippen LogP contribution < -0.4 is 4.90 Å². The van der Waals surface area contributed by atoms with Gasteiger partial charge >= 0.3 is 0 Å². The van der Waals surface area contributed by atoms with E-state index in [1.165, 1.54) is 76.6 Å². The average Bonchev–Trinajstić information content (AvgIpc) is 3.25. The summed E-state index contributed by atoms with van der Waals surface area (Å²) < 4.78 is 0. The molecule has 0 aliphatic heterocycles. The second-order valence-corrected chi connectivity index (χ2v) is 14.1. The summed E-state index contributed by atoms with van der Waals surface area (Å²) in [4.78, 5) is 2.39. The van der Waals surface area contributed by atoms with E-state index < -0.39 is 0 Å². The van der Waals surface area contributed by atoms with Crippen molar-refractivity contribution in [3.8, 4) is 11.1 Å². The summed E-state index contributed by atoms with van der Waals surface area (Å²) in [7, 11) is 0. The molecular weight excluding hydrogens is 651 g/mol. The number of hydrogen-bond acceptors (Lipinski definition) is 1. The number of nitrogens with zero attached hydrogens (tertiary/aromatic N) is 1. The highest BCUT2D eigenvalue weighted by Crippen LogP contribution is 2.43. The molecule has 254 valence electrons. The maximum atomic E-state index is 2.40. The molecule has 1 nitrogen and oxygen atoms in total. The Morgan fingerprint density at radius 1 is 0.296 bits per heavy atom. The summed E-state index contributed by atoms with van der Waals surface area (Å²) in [6, 6.07) is 79.7. The van der Waals surface area contributed by atoms with E-state index in [0.29, 0.717) is 0 Å². The van der Waals surface area contributed by atoms with Gasteiger partial charge in [0.2, 0.25) is 0 Å². The molecule has 0 amide bonds. The lowest BCUT2D eigenvalue weighted by Gasteiger charge is -2.27. The van der Waals surface area contributed by atoms with Crippen molar-refractivity contribution in [3.63, 3.8) is 0 Å². The van der Waals surface area contributed by atoms with Crippen LogP contribution in [0.2, 0.25) is 0 Å². The lowest BCUT2D eigenvalue weighted by atomic mass is 9.81. The molecule has 0 saturated carbocycles. The predicted octanol–water partition coefficient (Wildman–Crippen LogP) is 14.6. The predicted molar refractivity (Wildman–Crippen MR) is 230 cm³/mol. The molecule has 1 atom stereocenters. The standard InChI is InChI=1S/C53H37N/c1-3-15-39(16-4-1)53(51-35-41-17-7-9-21-45(41)47-23-11-12-25-49(47)51)40-29-27-37(28-30-40)38-31-33-44(34-32-38)54(43-19-5-2-6-20-43)52-36-42-18-8-10-22-46(42)48-24-13-14-26-50(48)52/h1-36,53H. The van der Waals surface area contributed by atoms with E-state index >= 15 is 0 Å². The highest BCUT2D eigenvalue weighted by atomic mass is 15.1. The molecule has 0 aliphatic rings. The van der Waals surface area contributed by atoms with E-state index in [1.807, 2.05) is 0 Å². The Morgan fingerprint density at radius 2 is 0.722 bits per heavy atom. The fraction of sp³-hybridized carbons (Fsp3) is 0.0189. The van der Waals surface area contributed by atoms with Crippen LogP contribution >= 0.6 is 0 Å². The molecule has 0 saturated heterocycles. The van der Waals surface area contributed by atoms with Crippen molar-refractivity contribution >= 4 is 60.2 Å². The highest BCUT2D eigenvalue weighted by Gasteiger charge is 2.21. The summed E-state index contributed by atoms with van der Waals surface area (Å²) in [6.07, 6.45) is 0. The Labute approximate surface area is 316 Å². The molecule has 1 heteroatoms. The second kappa shape index (κ2) is 13.5. The number of hydrogen-bond donors (Lipinski definition) is 0. The van der Waals surface area contributed by atoms with Gasteiger partial charge in [0.25, 0.3) is 0 Å². The monoisotopic (exact) mass is 687 g/mol. The normalized spacial score (nSPS) is 12.0. The minimum Gasteiger partial charge on any atom is -0.310 e. The highest BCUT2D eigenvalue weighted by molar-refractivity contribution is 6.14. The molecule has 1 unspecified atom stereocenters.